The van der Waals surface area contributed by atoms with Crippen LogP contribution < -0.4 is 5.73 Å². The van der Waals surface area contributed by atoms with Crippen molar-refractivity contribution in [2.24, 2.45) is 5.73 Å². The fourth-order valence-corrected chi connectivity index (χ4v) is 2.52. The third-order valence-corrected chi connectivity index (χ3v) is 3.69. The number of hydrogen-bond acceptors (Lipinski definition) is 4. The summed E-state index contributed by atoms with van der Waals surface area (Å²) in [4.78, 5) is 12.3. The third-order valence-electron chi connectivity index (χ3n) is 3.07. The molecule has 0 aliphatic rings. The van der Waals surface area contributed by atoms with Crippen molar-refractivity contribution in [1.29, 1.82) is 0 Å². The Hall–Kier alpha value is -1.00. The zero-order chi connectivity index (χ0) is 13.4. The highest BCUT2D eigenvalue weighted by Gasteiger charge is 2.39. The highest BCUT2D eigenvalue weighted by Crippen LogP contribution is 2.30. The van der Waals surface area contributed by atoms with Gasteiger partial charge in [0.15, 0.2) is 0 Å². The van der Waals surface area contributed by atoms with Gasteiger partial charge in [-0.3, -0.25) is 4.79 Å². The Labute approximate surface area is 113 Å². The highest BCUT2D eigenvalue weighted by molar-refractivity contribution is 7.98. The van der Waals surface area contributed by atoms with E-state index in [9.17, 15) is 4.79 Å². The normalized spacial score (nSPS) is 13.9. The van der Waals surface area contributed by atoms with E-state index in [1.807, 2.05) is 43.5 Å². The number of carbonyl (C=O) groups is 1. The zero-order valence-corrected chi connectivity index (χ0v) is 11.8. The number of benzene rings is 1. The number of esters is 1. The predicted octanol–water partition coefficient (Wildman–Crippen LogP) is 2.20. The van der Waals surface area contributed by atoms with Crippen LogP contribution in [0, 0.1) is 0 Å². The summed E-state index contributed by atoms with van der Waals surface area (Å²) in [5.74, 6) is 0.665. The summed E-state index contributed by atoms with van der Waals surface area (Å²) in [5, 5.41) is 0. The van der Waals surface area contributed by atoms with Crippen LogP contribution in [0.4, 0.5) is 0 Å². The van der Waals surface area contributed by atoms with Gasteiger partial charge < -0.3 is 10.5 Å². The summed E-state index contributed by atoms with van der Waals surface area (Å²) in [6.07, 6.45) is 2.73. The molecule has 1 aromatic rings. The number of thioether (sulfide) groups is 1. The number of nitrogens with two attached hydrogens (primary N) is 1. The number of carbonyl (C=O) groups excluding carboxylic acids is 1. The molecular weight excluding hydrogens is 246 g/mol. The first-order chi connectivity index (χ1) is 8.71. The Balaban J connectivity index is 3.09. The molecule has 0 aliphatic heterocycles. The molecule has 1 aromatic carbocycles. The molecule has 0 saturated carbocycles. The van der Waals surface area contributed by atoms with E-state index in [4.69, 9.17) is 10.5 Å². The molecule has 4 heteroatoms. The molecule has 1 unspecified atom stereocenters. The molecule has 18 heavy (non-hydrogen) atoms. The quantitative estimate of drug-likeness (QED) is 0.770. The van der Waals surface area contributed by atoms with Gasteiger partial charge in [0.05, 0.1) is 6.61 Å². The van der Waals surface area contributed by atoms with E-state index in [1.165, 1.54) is 0 Å². The smallest absolute Gasteiger partial charge is 0.317 e. The summed E-state index contributed by atoms with van der Waals surface area (Å²) >= 11 is 1.71. The molecule has 1 rings (SSSR count). The van der Waals surface area contributed by atoms with Crippen molar-refractivity contribution in [3.05, 3.63) is 35.9 Å². The van der Waals surface area contributed by atoms with Crippen LogP contribution in [-0.2, 0) is 14.9 Å². The molecule has 0 amide bonds. The lowest BCUT2D eigenvalue weighted by Gasteiger charge is -2.30. The number of rotatable bonds is 7. The van der Waals surface area contributed by atoms with Crippen LogP contribution in [0.25, 0.3) is 0 Å². The van der Waals surface area contributed by atoms with Gasteiger partial charge in [0.1, 0.15) is 5.41 Å². The maximum absolute atomic E-state index is 12.3. The summed E-state index contributed by atoms with van der Waals surface area (Å²) in [5.41, 5.74) is 6.14. The van der Waals surface area contributed by atoms with Gasteiger partial charge in [-0.2, -0.15) is 11.8 Å². The second kappa shape index (κ2) is 7.44. The maximum Gasteiger partial charge on any atom is 0.317 e. The molecule has 0 aliphatic carbocycles. The Bertz CT molecular complexity index is 369. The van der Waals surface area contributed by atoms with Gasteiger partial charge in [-0.05, 0) is 30.9 Å². The van der Waals surface area contributed by atoms with Crippen LogP contribution in [0.2, 0.25) is 0 Å². The Morgan fingerprint density at radius 1 is 1.39 bits per heavy atom. The van der Waals surface area contributed by atoms with Gasteiger partial charge >= 0.3 is 5.97 Å². The van der Waals surface area contributed by atoms with Crippen molar-refractivity contribution < 1.29 is 9.53 Å². The summed E-state index contributed by atoms with van der Waals surface area (Å²) in [6.45, 7) is 2.47. The highest BCUT2D eigenvalue weighted by atomic mass is 32.2. The van der Waals surface area contributed by atoms with E-state index in [-0.39, 0.29) is 12.5 Å². The molecule has 0 aromatic heterocycles. The molecule has 0 fully saturated rings. The summed E-state index contributed by atoms with van der Waals surface area (Å²) < 4.78 is 5.22. The standard InChI is InChI=1S/C14H21NO2S/c1-3-17-13(16)14(11-15,9-10-18-2)12-7-5-4-6-8-12/h4-8H,3,9-11,15H2,1-2H3. The van der Waals surface area contributed by atoms with E-state index < -0.39 is 5.41 Å². The monoisotopic (exact) mass is 267 g/mol. The maximum atomic E-state index is 12.3. The van der Waals surface area contributed by atoms with Crippen molar-refractivity contribution in [3.8, 4) is 0 Å². The molecular formula is C14H21NO2S. The minimum atomic E-state index is -0.708. The molecule has 1 atom stereocenters. The second-order valence-corrected chi connectivity index (χ2v) is 5.10. The minimum Gasteiger partial charge on any atom is -0.465 e. The van der Waals surface area contributed by atoms with Gasteiger partial charge in [0.2, 0.25) is 0 Å². The molecule has 0 bridgehead atoms. The molecule has 0 spiro atoms. The Morgan fingerprint density at radius 3 is 2.56 bits per heavy atom. The lowest BCUT2D eigenvalue weighted by atomic mass is 9.78. The topological polar surface area (TPSA) is 52.3 Å². The van der Waals surface area contributed by atoms with Gasteiger partial charge in [0, 0.05) is 6.54 Å². The van der Waals surface area contributed by atoms with Crippen LogP contribution in [0.1, 0.15) is 18.9 Å². The van der Waals surface area contributed by atoms with Crippen molar-refractivity contribution in [3.63, 3.8) is 0 Å². The second-order valence-electron chi connectivity index (χ2n) is 4.12. The third kappa shape index (κ3) is 3.27. The van der Waals surface area contributed by atoms with Crippen LogP contribution in [-0.4, -0.2) is 31.1 Å². The average Bonchev–Trinajstić information content (AvgIpc) is 2.42. The average molecular weight is 267 g/mol. The molecule has 0 heterocycles. The molecule has 0 radical (unpaired) electrons. The lowest BCUT2D eigenvalue weighted by Crippen LogP contribution is -2.44. The zero-order valence-electron chi connectivity index (χ0n) is 11.0. The van der Waals surface area contributed by atoms with E-state index in [1.54, 1.807) is 11.8 Å². The number of ether oxygens (including phenoxy) is 1. The van der Waals surface area contributed by atoms with Crippen molar-refractivity contribution in [2.45, 2.75) is 18.8 Å². The van der Waals surface area contributed by atoms with Crippen molar-refractivity contribution in [2.75, 3.05) is 25.2 Å². The Morgan fingerprint density at radius 2 is 2.06 bits per heavy atom. The van der Waals surface area contributed by atoms with Crippen molar-refractivity contribution in [1.82, 2.24) is 0 Å². The molecule has 100 valence electrons. The minimum absolute atomic E-state index is 0.215. The van der Waals surface area contributed by atoms with E-state index in [2.05, 4.69) is 0 Å². The van der Waals surface area contributed by atoms with Crippen LogP contribution in [0.3, 0.4) is 0 Å². The van der Waals surface area contributed by atoms with Crippen LogP contribution >= 0.6 is 11.8 Å². The first-order valence-corrected chi connectivity index (χ1v) is 7.52. The van der Waals surface area contributed by atoms with Gasteiger partial charge in [-0.25, -0.2) is 0 Å². The van der Waals surface area contributed by atoms with E-state index in [0.29, 0.717) is 13.0 Å². The van der Waals surface area contributed by atoms with Crippen LogP contribution in [0.15, 0.2) is 30.3 Å². The van der Waals surface area contributed by atoms with Crippen LogP contribution in [0.5, 0.6) is 0 Å². The molecule has 0 saturated heterocycles. The number of hydrogen-bond donors (Lipinski definition) is 1. The van der Waals surface area contributed by atoms with E-state index in [0.717, 1.165) is 11.3 Å². The largest absolute Gasteiger partial charge is 0.465 e. The SMILES string of the molecule is CCOC(=O)C(CN)(CCSC)c1ccccc1. The fourth-order valence-electron chi connectivity index (χ4n) is 1.97. The van der Waals surface area contributed by atoms with Gasteiger partial charge in [0.25, 0.3) is 0 Å². The molecule has 2 N–H and O–H groups in total. The van der Waals surface area contributed by atoms with Gasteiger partial charge in [-0.15, -0.1) is 0 Å². The van der Waals surface area contributed by atoms with E-state index >= 15 is 0 Å². The van der Waals surface area contributed by atoms with Crippen molar-refractivity contribution >= 4 is 17.7 Å². The molecule has 3 nitrogen and oxygen atoms in total. The summed E-state index contributed by atoms with van der Waals surface area (Å²) in [6, 6.07) is 9.69. The fraction of sp³-hybridized carbons (Fsp3) is 0.500. The van der Waals surface area contributed by atoms with Gasteiger partial charge in [-0.1, -0.05) is 30.3 Å². The predicted molar refractivity (Wildman–Crippen MR) is 76.8 cm³/mol. The first kappa shape index (κ1) is 15.1. The Kier molecular flexibility index (Phi) is 6.22. The summed E-state index contributed by atoms with van der Waals surface area (Å²) in [7, 11) is 0. The first-order valence-electron chi connectivity index (χ1n) is 6.13. The lowest BCUT2D eigenvalue weighted by molar-refractivity contribution is -0.150.